The number of primary sulfonamides is 1. The van der Waals surface area contributed by atoms with Crippen LogP contribution >= 0.6 is 12.6 Å². The molecular weight excluding hydrogens is 506 g/mol. The number of benzene rings is 2. The molecule has 2 aromatic heterocycles. The number of hydrogen-bond donors (Lipinski definition) is 6. The van der Waals surface area contributed by atoms with Crippen molar-refractivity contribution in [3.8, 4) is 22.5 Å². The molecule has 0 amide bonds. The predicted octanol–water partition coefficient (Wildman–Crippen LogP) is 1.62. The molecular formula is C21H25N9O4S2. The summed E-state index contributed by atoms with van der Waals surface area (Å²) in [6.07, 6.45) is 6.91. The van der Waals surface area contributed by atoms with Gasteiger partial charge in [0.05, 0.1) is 16.6 Å². The van der Waals surface area contributed by atoms with E-state index in [1.54, 1.807) is 18.2 Å². The van der Waals surface area contributed by atoms with Crippen LogP contribution in [0.5, 0.6) is 0 Å². The lowest BCUT2D eigenvalue weighted by molar-refractivity contribution is -0.191. The van der Waals surface area contributed by atoms with E-state index in [1.807, 2.05) is 6.07 Å². The number of sulfonamides is 1. The molecule has 2 aromatic carbocycles. The van der Waals surface area contributed by atoms with Crippen LogP contribution in [-0.4, -0.2) is 51.2 Å². The molecule has 0 spiro atoms. The summed E-state index contributed by atoms with van der Waals surface area (Å²) >= 11 is 4.24. The van der Waals surface area contributed by atoms with Crippen molar-refractivity contribution in [2.75, 3.05) is 5.73 Å². The average Bonchev–Trinajstić information content (AvgIpc) is 3.48. The van der Waals surface area contributed by atoms with Gasteiger partial charge in [-0.2, -0.15) is 14.8 Å². The summed E-state index contributed by atoms with van der Waals surface area (Å²) in [6.45, 7) is 0. The van der Waals surface area contributed by atoms with E-state index in [9.17, 15) is 8.42 Å². The van der Waals surface area contributed by atoms with Gasteiger partial charge in [-0.25, -0.2) is 18.5 Å². The van der Waals surface area contributed by atoms with Crippen molar-refractivity contribution >= 4 is 45.8 Å². The number of nitrogens with one attached hydrogen (secondary N) is 2. The fraction of sp³-hybridized carbons (Fsp3) is 0.286. The zero-order chi connectivity index (χ0) is 26.3. The maximum absolute atomic E-state index is 12.2. The molecule has 8 N–H and O–H groups in total. The number of nitrogens with zero attached hydrogens (tertiary/aromatic N) is 4. The minimum atomic E-state index is -4.12. The third kappa shape index (κ3) is 6.33. The van der Waals surface area contributed by atoms with Crippen LogP contribution in [0.1, 0.15) is 32.1 Å². The third-order valence-electron chi connectivity index (χ3n) is 5.46. The molecule has 2 heterocycles. The Morgan fingerprint density at radius 1 is 1.06 bits per heavy atom. The molecule has 0 atom stereocenters. The minimum Gasteiger partial charge on any atom is -0.369 e. The number of nitrogen functional groups attached to an aromatic ring is 1. The first-order valence-electron chi connectivity index (χ1n) is 10.8. The number of anilines is 1. The highest BCUT2D eigenvalue weighted by atomic mass is 32.2. The lowest BCUT2D eigenvalue weighted by Gasteiger charge is -2.15. The van der Waals surface area contributed by atoms with E-state index in [0.717, 1.165) is 0 Å². The standard InChI is InChI=1S/C14H12N8O2S2.C6H13N.CO2/c15-14-17-8-3-1-2-7(11(8)18-14)6-4-5-9(25)12(26(16,23)24)10(6)13-19-21-22-20-13;7-6-4-2-1-3-5-6;2-1-3/h1-5,25H,(H3,15,17,18)(H2,16,23,24)(H,19,20,21,22);6H,1-5,7H2;. The summed E-state index contributed by atoms with van der Waals surface area (Å²) in [5.74, 6) is 0.312. The van der Waals surface area contributed by atoms with Gasteiger partial charge in [0.1, 0.15) is 4.90 Å². The number of thiol groups is 1. The number of rotatable bonds is 3. The Kier molecular flexibility index (Phi) is 8.90. The molecule has 36 heavy (non-hydrogen) atoms. The van der Waals surface area contributed by atoms with Gasteiger partial charge in [-0.15, -0.1) is 22.8 Å². The van der Waals surface area contributed by atoms with Gasteiger partial charge < -0.3 is 16.5 Å². The number of fused-ring (bicyclic) bond motifs is 1. The van der Waals surface area contributed by atoms with Crippen molar-refractivity contribution in [2.45, 2.75) is 47.9 Å². The first-order chi connectivity index (χ1) is 17.2. The van der Waals surface area contributed by atoms with E-state index in [2.05, 4.69) is 43.2 Å². The normalized spacial score (nSPS) is 13.8. The SMILES string of the molecule is NC1CCCCC1.Nc1nc2c(-c3ccc(S)c(S(N)(=O)=O)c3-c3nn[nH]n3)cccc2[nH]1.O=C=O. The molecule has 1 fully saturated rings. The molecule has 190 valence electrons. The Balaban J connectivity index is 0.000000304. The molecule has 0 bridgehead atoms. The molecule has 15 heteroatoms. The van der Waals surface area contributed by atoms with E-state index < -0.39 is 10.0 Å². The van der Waals surface area contributed by atoms with Crippen LogP contribution in [0.25, 0.3) is 33.5 Å². The predicted molar refractivity (Wildman–Crippen MR) is 134 cm³/mol. The molecule has 0 radical (unpaired) electrons. The summed E-state index contributed by atoms with van der Waals surface area (Å²) < 4.78 is 24.4. The zero-order valence-electron chi connectivity index (χ0n) is 19.0. The second-order valence-electron chi connectivity index (χ2n) is 7.92. The molecule has 13 nitrogen and oxygen atoms in total. The molecule has 0 aliphatic heterocycles. The highest BCUT2D eigenvalue weighted by Gasteiger charge is 2.26. The van der Waals surface area contributed by atoms with Gasteiger partial charge in [0.15, 0.2) is 5.95 Å². The Morgan fingerprint density at radius 3 is 2.31 bits per heavy atom. The van der Waals surface area contributed by atoms with Gasteiger partial charge in [0, 0.05) is 16.5 Å². The van der Waals surface area contributed by atoms with Gasteiger partial charge in [0.25, 0.3) is 0 Å². The molecule has 0 saturated heterocycles. The van der Waals surface area contributed by atoms with Crippen LogP contribution in [0.4, 0.5) is 5.95 Å². The average molecular weight is 532 g/mol. The highest BCUT2D eigenvalue weighted by Crippen LogP contribution is 2.40. The molecule has 0 unspecified atom stereocenters. The fourth-order valence-corrected chi connectivity index (χ4v) is 5.39. The summed E-state index contributed by atoms with van der Waals surface area (Å²) in [5.41, 5.74) is 14.0. The first kappa shape index (κ1) is 27.0. The topological polar surface area (TPSA) is 229 Å². The number of nitrogens with two attached hydrogens (primary N) is 3. The van der Waals surface area contributed by atoms with Gasteiger partial charge in [-0.1, -0.05) is 37.5 Å². The number of tetrazole rings is 1. The smallest absolute Gasteiger partial charge is 0.369 e. The van der Waals surface area contributed by atoms with Crippen molar-refractivity contribution in [3.63, 3.8) is 0 Å². The van der Waals surface area contributed by atoms with Gasteiger partial charge in [0.2, 0.25) is 15.8 Å². The minimum absolute atomic E-state index is 0.0698. The molecule has 4 aromatic rings. The second kappa shape index (κ2) is 11.9. The van der Waals surface area contributed by atoms with Crippen LogP contribution < -0.4 is 16.6 Å². The van der Waals surface area contributed by atoms with Crippen LogP contribution in [0, 0.1) is 0 Å². The maximum Gasteiger partial charge on any atom is 0.373 e. The van der Waals surface area contributed by atoms with E-state index in [4.69, 9.17) is 26.2 Å². The molecule has 1 saturated carbocycles. The first-order valence-corrected chi connectivity index (χ1v) is 12.8. The number of carbonyl (C=O) groups excluding carboxylic acids is 2. The lowest BCUT2D eigenvalue weighted by Crippen LogP contribution is -2.22. The van der Waals surface area contributed by atoms with Crippen molar-refractivity contribution in [1.29, 1.82) is 0 Å². The Bertz CT molecular complexity index is 1460. The molecule has 5 rings (SSSR count). The van der Waals surface area contributed by atoms with Gasteiger partial charge >= 0.3 is 6.15 Å². The Morgan fingerprint density at radius 2 is 1.75 bits per heavy atom. The molecule has 1 aliphatic rings. The lowest BCUT2D eigenvalue weighted by atomic mass is 9.97. The monoisotopic (exact) mass is 531 g/mol. The second-order valence-corrected chi connectivity index (χ2v) is 9.90. The van der Waals surface area contributed by atoms with E-state index in [0.29, 0.717) is 28.2 Å². The number of H-pyrrole nitrogens is 2. The number of aromatic nitrogens is 6. The summed E-state index contributed by atoms with van der Waals surface area (Å²) in [6, 6.07) is 9.16. The van der Waals surface area contributed by atoms with Crippen LogP contribution in [0.15, 0.2) is 40.1 Å². The number of imidazole rings is 1. The Hall–Kier alpha value is -3.62. The fourth-order valence-electron chi connectivity index (χ4n) is 3.98. The summed E-state index contributed by atoms with van der Waals surface area (Å²) in [5, 5.41) is 19.1. The summed E-state index contributed by atoms with van der Waals surface area (Å²) in [4.78, 5) is 23.4. The maximum atomic E-state index is 12.2. The van der Waals surface area contributed by atoms with Crippen LogP contribution in [-0.2, 0) is 19.6 Å². The van der Waals surface area contributed by atoms with Crippen LogP contribution in [0.3, 0.4) is 0 Å². The van der Waals surface area contributed by atoms with E-state index in [1.165, 1.54) is 38.2 Å². The van der Waals surface area contributed by atoms with Gasteiger partial charge in [-0.05, 0) is 35.8 Å². The van der Waals surface area contributed by atoms with E-state index >= 15 is 0 Å². The van der Waals surface area contributed by atoms with Crippen molar-refractivity contribution in [2.24, 2.45) is 10.9 Å². The number of hydrogen-bond acceptors (Lipinski definition) is 11. The largest absolute Gasteiger partial charge is 0.373 e. The van der Waals surface area contributed by atoms with Gasteiger partial charge in [-0.3, -0.25) is 0 Å². The third-order valence-corrected chi connectivity index (χ3v) is 6.98. The van der Waals surface area contributed by atoms with Crippen molar-refractivity contribution in [1.82, 2.24) is 30.6 Å². The Labute approximate surface area is 211 Å². The number of para-hydroxylation sites is 1. The number of aromatic amines is 2. The zero-order valence-corrected chi connectivity index (χ0v) is 20.7. The van der Waals surface area contributed by atoms with Crippen molar-refractivity contribution < 1.29 is 18.0 Å². The summed E-state index contributed by atoms with van der Waals surface area (Å²) in [7, 11) is -4.12. The quantitative estimate of drug-likeness (QED) is 0.209. The van der Waals surface area contributed by atoms with Crippen molar-refractivity contribution in [3.05, 3.63) is 30.3 Å². The van der Waals surface area contributed by atoms with E-state index in [-0.39, 0.29) is 33.3 Å². The highest BCUT2D eigenvalue weighted by molar-refractivity contribution is 7.90. The molecule has 1 aliphatic carbocycles. The van der Waals surface area contributed by atoms with Crippen LogP contribution in [0.2, 0.25) is 0 Å².